The predicted octanol–water partition coefficient (Wildman–Crippen LogP) is 4.66. The van der Waals surface area contributed by atoms with Gasteiger partial charge in [0.2, 0.25) is 0 Å². The van der Waals surface area contributed by atoms with Crippen molar-refractivity contribution < 1.29 is 17.3 Å². The molecule has 3 aromatic rings. The Kier molecular flexibility index (Phi) is 4.66. The summed E-state index contributed by atoms with van der Waals surface area (Å²) in [6, 6.07) is 10.6. The van der Waals surface area contributed by atoms with E-state index in [0.29, 0.717) is 21.4 Å². The zero-order valence-electron chi connectivity index (χ0n) is 13.4. The maximum atomic E-state index is 13.9. The number of rotatable bonds is 4. The van der Waals surface area contributed by atoms with Gasteiger partial charge in [-0.2, -0.15) is 0 Å². The molecule has 0 radical (unpaired) electrons. The van der Waals surface area contributed by atoms with Crippen molar-refractivity contribution in [1.29, 1.82) is 0 Å². The van der Waals surface area contributed by atoms with Crippen molar-refractivity contribution in [1.82, 2.24) is 5.16 Å². The molecule has 0 saturated heterocycles. The molecule has 0 aliphatic heterocycles. The maximum Gasteiger partial charge on any atom is 0.262 e. The van der Waals surface area contributed by atoms with Gasteiger partial charge < -0.3 is 4.52 Å². The lowest BCUT2D eigenvalue weighted by molar-refractivity contribution is 0.427. The monoisotopic (exact) mass is 424 g/mol. The van der Waals surface area contributed by atoms with E-state index in [1.54, 1.807) is 38.1 Å². The number of aryl methyl sites for hydroxylation is 2. The predicted molar refractivity (Wildman–Crippen MR) is 96.3 cm³/mol. The lowest BCUT2D eigenvalue weighted by atomic mass is 10.1. The second kappa shape index (κ2) is 6.61. The summed E-state index contributed by atoms with van der Waals surface area (Å²) >= 11 is 3.13. The van der Waals surface area contributed by atoms with Crippen LogP contribution < -0.4 is 4.72 Å². The quantitative estimate of drug-likeness (QED) is 0.660. The summed E-state index contributed by atoms with van der Waals surface area (Å²) in [5.74, 6) is -0.110. The highest BCUT2D eigenvalue weighted by Crippen LogP contribution is 2.27. The highest BCUT2D eigenvalue weighted by molar-refractivity contribution is 9.10. The van der Waals surface area contributed by atoms with Gasteiger partial charge in [0, 0.05) is 16.1 Å². The number of sulfonamides is 1. The van der Waals surface area contributed by atoms with Crippen molar-refractivity contribution in [2.75, 3.05) is 4.72 Å². The molecule has 5 nitrogen and oxygen atoms in total. The van der Waals surface area contributed by atoms with Crippen LogP contribution in [0.2, 0.25) is 0 Å². The van der Waals surface area contributed by atoms with Crippen LogP contribution in [-0.2, 0) is 10.0 Å². The second-order valence-electron chi connectivity index (χ2n) is 5.54. The molecule has 0 aliphatic carbocycles. The molecule has 1 heterocycles. The van der Waals surface area contributed by atoms with Crippen molar-refractivity contribution in [3.63, 3.8) is 0 Å². The van der Waals surface area contributed by atoms with Crippen LogP contribution in [0.4, 0.5) is 10.1 Å². The van der Waals surface area contributed by atoms with Gasteiger partial charge in [-0.05, 0) is 55.8 Å². The largest absolute Gasteiger partial charge is 0.356 e. The maximum absolute atomic E-state index is 13.9. The van der Waals surface area contributed by atoms with Gasteiger partial charge in [0.05, 0.1) is 16.3 Å². The van der Waals surface area contributed by atoms with Crippen LogP contribution in [0.15, 0.2) is 56.4 Å². The van der Waals surface area contributed by atoms with Crippen molar-refractivity contribution in [2.24, 2.45) is 0 Å². The first-order valence-electron chi connectivity index (χ1n) is 7.28. The Balaban J connectivity index is 1.94. The third-order valence-corrected chi connectivity index (χ3v) is 5.57. The number of hydrogen-bond donors (Lipinski definition) is 1. The minimum absolute atomic E-state index is 0.0646. The molecule has 2 aromatic carbocycles. The van der Waals surface area contributed by atoms with E-state index < -0.39 is 15.8 Å². The molecule has 0 bridgehead atoms. The fourth-order valence-electron chi connectivity index (χ4n) is 2.38. The van der Waals surface area contributed by atoms with Crippen LogP contribution in [0.5, 0.6) is 0 Å². The molecule has 0 unspecified atom stereocenters. The number of anilines is 1. The van der Waals surface area contributed by atoms with E-state index >= 15 is 0 Å². The molecule has 130 valence electrons. The van der Waals surface area contributed by atoms with Crippen LogP contribution in [0.25, 0.3) is 11.3 Å². The van der Waals surface area contributed by atoms with Crippen LogP contribution in [0, 0.1) is 19.7 Å². The Morgan fingerprint density at radius 3 is 2.48 bits per heavy atom. The first-order valence-corrected chi connectivity index (χ1v) is 9.56. The Morgan fingerprint density at radius 1 is 1.12 bits per heavy atom. The van der Waals surface area contributed by atoms with Gasteiger partial charge in [-0.3, -0.25) is 4.72 Å². The lowest BCUT2D eigenvalue weighted by Gasteiger charge is -2.12. The van der Waals surface area contributed by atoms with E-state index in [9.17, 15) is 12.8 Å². The van der Waals surface area contributed by atoms with E-state index in [4.69, 9.17) is 4.52 Å². The van der Waals surface area contributed by atoms with Crippen LogP contribution in [0.1, 0.15) is 11.3 Å². The van der Waals surface area contributed by atoms with E-state index in [-0.39, 0.29) is 10.6 Å². The van der Waals surface area contributed by atoms with Gasteiger partial charge in [-0.15, -0.1) is 0 Å². The fourth-order valence-corrected chi connectivity index (χ4v) is 4.00. The number of nitrogens with one attached hydrogen (secondary N) is 1. The van der Waals surface area contributed by atoms with Crippen LogP contribution in [0.3, 0.4) is 0 Å². The number of nitrogens with zero attached hydrogens (tertiary/aromatic N) is 1. The van der Waals surface area contributed by atoms with Gasteiger partial charge in [0.15, 0.2) is 5.76 Å². The number of halogens is 2. The van der Waals surface area contributed by atoms with Gasteiger partial charge in [0.1, 0.15) is 5.82 Å². The molecule has 0 amide bonds. The number of hydrogen-bond acceptors (Lipinski definition) is 4. The molecule has 0 spiro atoms. The summed E-state index contributed by atoms with van der Waals surface area (Å²) in [5, 5.41) is 3.82. The lowest BCUT2D eigenvalue weighted by Crippen LogP contribution is -2.15. The van der Waals surface area contributed by atoms with Gasteiger partial charge in [0.25, 0.3) is 10.0 Å². The highest BCUT2D eigenvalue weighted by Gasteiger charge is 2.19. The van der Waals surface area contributed by atoms with Crippen molar-refractivity contribution in [3.8, 4) is 11.3 Å². The third kappa shape index (κ3) is 3.74. The zero-order valence-corrected chi connectivity index (χ0v) is 15.8. The first kappa shape index (κ1) is 17.6. The Bertz CT molecular complexity index is 1050. The smallest absolute Gasteiger partial charge is 0.262 e. The molecule has 1 aromatic heterocycles. The summed E-state index contributed by atoms with van der Waals surface area (Å²) < 4.78 is 47.1. The molecule has 0 saturated carbocycles. The van der Waals surface area contributed by atoms with Crippen LogP contribution in [-0.4, -0.2) is 13.6 Å². The number of benzene rings is 2. The average molecular weight is 425 g/mol. The molecule has 25 heavy (non-hydrogen) atoms. The van der Waals surface area contributed by atoms with Crippen molar-refractivity contribution in [3.05, 3.63) is 64.0 Å². The normalized spacial score (nSPS) is 11.5. The van der Waals surface area contributed by atoms with Crippen LogP contribution >= 0.6 is 15.9 Å². The van der Waals surface area contributed by atoms with Gasteiger partial charge >= 0.3 is 0 Å². The van der Waals surface area contributed by atoms with E-state index in [0.717, 1.165) is 5.69 Å². The van der Waals surface area contributed by atoms with E-state index in [1.165, 1.54) is 18.2 Å². The second-order valence-corrected chi connectivity index (χ2v) is 8.11. The first-order chi connectivity index (χ1) is 11.8. The molecule has 0 fully saturated rings. The topological polar surface area (TPSA) is 72.2 Å². The standard InChI is InChI=1S/C17H14BrFN2O3S/c1-10-7-12(16-8-11(2)20-24-16)3-6-17(10)25(22,23)21-15-5-4-13(18)9-14(15)19/h3-9,21H,1-2H3. The summed E-state index contributed by atoms with van der Waals surface area (Å²) in [4.78, 5) is 0.0646. The Morgan fingerprint density at radius 2 is 1.88 bits per heavy atom. The number of aromatic nitrogens is 1. The zero-order chi connectivity index (χ0) is 18.2. The molecular weight excluding hydrogens is 411 g/mol. The Hall–Kier alpha value is -2.19. The molecule has 1 N–H and O–H groups in total. The van der Waals surface area contributed by atoms with Crippen molar-refractivity contribution in [2.45, 2.75) is 18.7 Å². The van der Waals surface area contributed by atoms with Crippen molar-refractivity contribution >= 4 is 31.6 Å². The minimum Gasteiger partial charge on any atom is -0.356 e. The summed E-state index contributed by atoms with van der Waals surface area (Å²) in [6.45, 7) is 3.47. The molecule has 0 atom stereocenters. The summed E-state index contributed by atoms with van der Waals surface area (Å²) in [5.41, 5.74) is 1.85. The van der Waals surface area contributed by atoms with E-state index in [1.807, 2.05) is 0 Å². The summed E-state index contributed by atoms with van der Waals surface area (Å²) in [7, 11) is -3.92. The SMILES string of the molecule is Cc1cc(-c2ccc(S(=O)(=O)Nc3ccc(Br)cc3F)c(C)c2)on1. The third-order valence-electron chi connectivity index (χ3n) is 3.55. The van der Waals surface area contributed by atoms with Gasteiger partial charge in [-0.25, -0.2) is 12.8 Å². The van der Waals surface area contributed by atoms with E-state index in [2.05, 4.69) is 25.8 Å². The summed E-state index contributed by atoms with van der Waals surface area (Å²) in [6.07, 6.45) is 0. The molecule has 8 heteroatoms. The fraction of sp³-hybridized carbons (Fsp3) is 0.118. The highest BCUT2D eigenvalue weighted by atomic mass is 79.9. The van der Waals surface area contributed by atoms with Gasteiger partial charge in [-0.1, -0.05) is 21.1 Å². The molecular formula is C17H14BrFN2O3S. The molecule has 3 rings (SSSR count). The average Bonchev–Trinajstić information content (AvgIpc) is 2.96. The minimum atomic E-state index is -3.92. The Labute approximate surface area is 153 Å². The molecule has 0 aliphatic rings.